The first-order valence-corrected chi connectivity index (χ1v) is 12.0. The minimum Gasteiger partial charge on any atom is -0.497 e. The lowest BCUT2D eigenvalue weighted by molar-refractivity contribution is -0.143. The zero-order valence-electron chi connectivity index (χ0n) is 20.7. The number of aliphatic hydroxyl groups excluding tert-OH is 1. The second kappa shape index (κ2) is 10.1. The maximum Gasteiger partial charge on any atom is 0.433 e. The molecule has 4 aromatic rings. The molecule has 38 heavy (non-hydrogen) atoms. The van der Waals surface area contributed by atoms with Crippen molar-refractivity contribution < 1.29 is 27.8 Å². The molecule has 1 aromatic carbocycles. The molecule has 13 heteroatoms. The van der Waals surface area contributed by atoms with Crippen LogP contribution in [0.5, 0.6) is 5.75 Å². The van der Waals surface area contributed by atoms with E-state index in [0.29, 0.717) is 42.0 Å². The van der Waals surface area contributed by atoms with Crippen LogP contribution in [0.4, 0.5) is 13.2 Å². The third-order valence-electron chi connectivity index (χ3n) is 6.87. The molecule has 3 aromatic heterocycles. The molecule has 1 fully saturated rings. The second-order valence-corrected chi connectivity index (χ2v) is 9.01. The quantitative estimate of drug-likeness (QED) is 0.395. The Balaban J connectivity index is 1.47. The van der Waals surface area contributed by atoms with Gasteiger partial charge in [0.1, 0.15) is 11.3 Å². The number of aliphatic hydroxyl groups is 1. The number of hydrogen-bond donors (Lipinski definition) is 2. The number of rotatable bonds is 6. The highest BCUT2D eigenvalue weighted by Gasteiger charge is 2.39. The Labute approximate surface area is 215 Å². The Morgan fingerprint density at radius 3 is 2.45 bits per heavy atom. The number of hydrogen-bond acceptors (Lipinski definition) is 7. The first-order valence-electron chi connectivity index (χ1n) is 12.0. The maximum atomic E-state index is 14.2. The molecule has 2 N–H and O–H groups in total. The summed E-state index contributed by atoms with van der Waals surface area (Å²) in [6, 6.07) is 6.26. The highest BCUT2D eigenvalue weighted by molar-refractivity contribution is 6.00. The minimum absolute atomic E-state index is 0.00717. The van der Waals surface area contributed by atoms with Crippen molar-refractivity contribution >= 4 is 11.6 Å². The highest BCUT2D eigenvalue weighted by Crippen LogP contribution is 2.37. The number of piperazine rings is 1. The van der Waals surface area contributed by atoms with Crippen molar-refractivity contribution in [3.05, 3.63) is 65.2 Å². The van der Waals surface area contributed by atoms with Gasteiger partial charge in [0.05, 0.1) is 37.8 Å². The van der Waals surface area contributed by atoms with E-state index in [-0.39, 0.29) is 35.1 Å². The fraction of sp³-hybridized carbons (Fsp3) is 0.360. The summed E-state index contributed by atoms with van der Waals surface area (Å²) in [5, 5.41) is 20.5. The van der Waals surface area contributed by atoms with Crippen molar-refractivity contribution in [1.82, 2.24) is 34.6 Å². The topological polar surface area (TPSA) is 112 Å². The van der Waals surface area contributed by atoms with Crippen LogP contribution < -0.4 is 4.74 Å². The largest absolute Gasteiger partial charge is 0.497 e. The second-order valence-electron chi connectivity index (χ2n) is 9.01. The Morgan fingerprint density at radius 1 is 1.16 bits per heavy atom. The summed E-state index contributed by atoms with van der Waals surface area (Å²) in [4.78, 5) is 21.6. The fourth-order valence-electron chi connectivity index (χ4n) is 4.87. The van der Waals surface area contributed by atoms with Gasteiger partial charge in [-0.2, -0.15) is 23.4 Å². The molecule has 0 aliphatic carbocycles. The van der Waals surface area contributed by atoms with Crippen molar-refractivity contribution in [2.24, 2.45) is 0 Å². The van der Waals surface area contributed by atoms with Gasteiger partial charge in [0.15, 0.2) is 11.3 Å². The van der Waals surface area contributed by atoms with Gasteiger partial charge in [0.2, 0.25) is 0 Å². The van der Waals surface area contributed by atoms with E-state index in [4.69, 9.17) is 4.74 Å². The predicted molar refractivity (Wildman–Crippen MR) is 131 cm³/mol. The molecule has 1 atom stereocenters. The first-order chi connectivity index (χ1) is 18.2. The van der Waals surface area contributed by atoms with Crippen LogP contribution in [0.2, 0.25) is 0 Å². The minimum atomic E-state index is -4.73. The van der Waals surface area contributed by atoms with Gasteiger partial charge in [-0.3, -0.25) is 14.8 Å². The zero-order chi connectivity index (χ0) is 27.0. The molecule has 0 spiro atoms. The summed E-state index contributed by atoms with van der Waals surface area (Å²) >= 11 is 0. The molecular formula is C25H26F3N7O3. The van der Waals surface area contributed by atoms with E-state index < -0.39 is 17.8 Å². The lowest BCUT2D eigenvalue weighted by Gasteiger charge is -2.38. The van der Waals surface area contributed by atoms with Gasteiger partial charge in [-0.25, -0.2) is 9.50 Å². The number of carbonyl (C=O) groups is 1. The van der Waals surface area contributed by atoms with Gasteiger partial charge in [-0.1, -0.05) is 0 Å². The number of nitrogens with one attached hydrogen (secondary N) is 1. The lowest BCUT2D eigenvalue weighted by Crippen LogP contribution is -2.50. The number of methoxy groups -OCH3 is 1. The average Bonchev–Trinajstić information content (AvgIpc) is 3.58. The third-order valence-corrected chi connectivity index (χ3v) is 6.87. The first kappa shape index (κ1) is 25.7. The summed E-state index contributed by atoms with van der Waals surface area (Å²) in [6.45, 7) is 2.83. The summed E-state index contributed by atoms with van der Waals surface area (Å²) in [5.74, 6) is 0.104. The Bertz CT molecular complexity index is 1430. The van der Waals surface area contributed by atoms with E-state index in [1.165, 1.54) is 14.0 Å². The fourth-order valence-corrected chi connectivity index (χ4v) is 4.87. The molecule has 1 aliphatic heterocycles. The van der Waals surface area contributed by atoms with E-state index in [1.807, 2.05) is 4.90 Å². The van der Waals surface area contributed by atoms with E-state index in [0.717, 1.165) is 11.8 Å². The molecule has 1 amide bonds. The Morgan fingerprint density at radius 2 is 1.87 bits per heavy atom. The summed E-state index contributed by atoms with van der Waals surface area (Å²) in [7, 11) is 1.50. The van der Waals surface area contributed by atoms with Crippen molar-refractivity contribution in [3.8, 4) is 17.0 Å². The highest BCUT2D eigenvalue weighted by atomic mass is 19.4. The van der Waals surface area contributed by atoms with Gasteiger partial charge < -0.3 is 14.7 Å². The van der Waals surface area contributed by atoms with Gasteiger partial charge in [-0.05, 0) is 31.2 Å². The number of H-pyrrole nitrogens is 1. The third kappa shape index (κ3) is 4.58. The number of benzene rings is 1. The molecule has 0 radical (unpaired) electrons. The monoisotopic (exact) mass is 529 g/mol. The number of nitrogens with zero attached hydrogens (tertiary/aromatic N) is 6. The SMILES string of the molecule is COc1ccc(-c2nc3c(C(=O)N4CCN([C@H](CO)c5cn[nH]c5)CC4)cnn3c(C(F)(F)F)c2C)cc1. The molecule has 0 bridgehead atoms. The number of halogens is 3. The molecule has 0 saturated carbocycles. The molecule has 1 aliphatic rings. The number of carbonyl (C=O) groups excluding carboxylic acids is 1. The van der Waals surface area contributed by atoms with E-state index in [2.05, 4.69) is 20.3 Å². The number of alkyl halides is 3. The summed E-state index contributed by atoms with van der Waals surface area (Å²) in [5.41, 5.74) is 0.153. The van der Waals surface area contributed by atoms with Crippen LogP contribution in [-0.2, 0) is 6.18 Å². The van der Waals surface area contributed by atoms with E-state index >= 15 is 0 Å². The van der Waals surface area contributed by atoms with E-state index in [9.17, 15) is 23.1 Å². The summed E-state index contributed by atoms with van der Waals surface area (Å²) in [6.07, 6.45) is -0.226. The van der Waals surface area contributed by atoms with Crippen LogP contribution in [0.3, 0.4) is 0 Å². The van der Waals surface area contributed by atoms with Crippen LogP contribution >= 0.6 is 0 Å². The Kier molecular flexibility index (Phi) is 6.80. The van der Waals surface area contributed by atoms with Crippen LogP contribution in [0, 0.1) is 6.92 Å². The van der Waals surface area contributed by atoms with Crippen molar-refractivity contribution in [2.45, 2.75) is 19.1 Å². The Hall–Kier alpha value is -3.97. The lowest BCUT2D eigenvalue weighted by atomic mass is 10.0. The van der Waals surface area contributed by atoms with Crippen LogP contribution in [-0.4, -0.2) is 85.5 Å². The maximum absolute atomic E-state index is 14.2. The smallest absolute Gasteiger partial charge is 0.433 e. The van der Waals surface area contributed by atoms with Gasteiger partial charge in [-0.15, -0.1) is 0 Å². The van der Waals surface area contributed by atoms with Crippen molar-refractivity contribution in [2.75, 3.05) is 39.9 Å². The van der Waals surface area contributed by atoms with Crippen LogP contribution in [0.1, 0.15) is 33.2 Å². The molecule has 200 valence electrons. The predicted octanol–water partition coefficient (Wildman–Crippen LogP) is 2.95. The molecule has 1 saturated heterocycles. The number of aromatic amines is 1. The molecule has 10 nitrogen and oxygen atoms in total. The zero-order valence-corrected chi connectivity index (χ0v) is 20.7. The summed E-state index contributed by atoms with van der Waals surface area (Å²) < 4.78 is 48.4. The molecular weight excluding hydrogens is 503 g/mol. The number of amides is 1. The normalized spacial score (nSPS) is 15.7. The standard InChI is InChI=1S/C25H26F3N7O3/c1-15-21(16-3-5-18(38-2)6-4-16)32-23-19(13-31-35(23)22(15)25(26,27)28)24(37)34-9-7-33(8-10-34)20(14-36)17-11-29-30-12-17/h3-6,11-13,20,36H,7-10,14H2,1-2H3,(H,29,30)/t20-/m1/s1. The van der Waals surface area contributed by atoms with Gasteiger partial charge in [0.25, 0.3) is 5.91 Å². The van der Waals surface area contributed by atoms with Crippen molar-refractivity contribution in [3.63, 3.8) is 0 Å². The van der Waals surface area contributed by atoms with Crippen molar-refractivity contribution in [1.29, 1.82) is 0 Å². The number of fused-ring (bicyclic) bond motifs is 1. The van der Waals surface area contributed by atoms with Crippen LogP contribution in [0.15, 0.2) is 42.9 Å². The van der Waals surface area contributed by atoms with Gasteiger partial charge in [0, 0.05) is 49.1 Å². The number of ether oxygens (including phenoxy) is 1. The molecule has 5 rings (SSSR count). The van der Waals surface area contributed by atoms with Gasteiger partial charge >= 0.3 is 6.18 Å². The van der Waals surface area contributed by atoms with Crippen LogP contribution in [0.25, 0.3) is 16.9 Å². The molecule has 0 unspecified atom stereocenters. The average molecular weight is 530 g/mol. The van der Waals surface area contributed by atoms with E-state index in [1.54, 1.807) is 41.6 Å². The number of aromatic nitrogens is 5. The molecule has 4 heterocycles.